The highest BCUT2D eigenvalue weighted by Gasteiger charge is 2.26. The van der Waals surface area contributed by atoms with Crippen LogP contribution >= 0.6 is 12.4 Å². The zero-order chi connectivity index (χ0) is 12.4. The lowest BCUT2D eigenvalue weighted by molar-refractivity contribution is -0.129. The van der Waals surface area contributed by atoms with Gasteiger partial charge in [0, 0.05) is 24.7 Å². The molecule has 1 unspecified atom stereocenters. The number of hydrogen-bond acceptors (Lipinski definition) is 4. The molecule has 1 fully saturated rings. The van der Waals surface area contributed by atoms with Crippen molar-refractivity contribution >= 4 is 18.3 Å². The van der Waals surface area contributed by atoms with Gasteiger partial charge in [0.25, 0.3) is 0 Å². The Morgan fingerprint density at radius 1 is 1.56 bits per heavy atom. The fraction of sp³-hybridized carbons (Fsp3) is 0.667. The van der Waals surface area contributed by atoms with E-state index < -0.39 is 0 Å². The first-order chi connectivity index (χ1) is 8.11. The minimum Gasteiger partial charge on any atom is -0.361 e. The highest BCUT2D eigenvalue weighted by atomic mass is 35.5. The van der Waals surface area contributed by atoms with Gasteiger partial charge in [0.2, 0.25) is 5.91 Å². The lowest BCUT2D eigenvalue weighted by Gasteiger charge is -2.16. The fourth-order valence-corrected chi connectivity index (χ4v) is 2.24. The van der Waals surface area contributed by atoms with Gasteiger partial charge in [-0.05, 0) is 27.3 Å². The van der Waals surface area contributed by atoms with E-state index in [1.807, 2.05) is 25.8 Å². The van der Waals surface area contributed by atoms with Crippen molar-refractivity contribution in [1.82, 2.24) is 15.4 Å². The van der Waals surface area contributed by atoms with Crippen molar-refractivity contribution in [3.05, 3.63) is 17.0 Å². The minimum atomic E-state index is 0. The third kappa shape index (κ3) is 3.03. The lowest BCUT2D eigenvalue weighted by atomic mass is 10.1. The molecule has 1 N–H and O–H groups in total. The number of nitrogens with one attached hydrogen (secondary N) is 1. The van der Waals surface area contributed by atoms with E-state index in [1.54, 1.807) is 0 Å². The number of rotatable bonds is 3. The predicted octanol–water partition coefficient (Wildman–Crippen LogP) is 1.08. The highest BCUT2D eigenvalue weighted by molar-refractivity contribution is 5.85. The molecule has 0 saturated carbocycles. The second-order valence-corrected chi connectivity index (χ2v) is 4.59. The third-order valence-electron chi connectivity index (χ3n) is 3.46. The second-order valence-electron chi connectivity index (χ2n) is 4.59. The van der Waals surface area contributed by atoms with Crippen molar-refractivity contribution in [1.29, 1.82) is 0 Å². The normalized spacial score (nSPS) is 18.8. The molecule has 6 heteroatoms. The van der Waals surface area contributed by atoms with E-state index in [0.29, 0.717) is 12.5 Å². The van der Waals surface area contributed by atoms with Crippen LogP contribution in [0.2, 0.25) is 0 Å². The van der Waals surface area contributed by atoms with E-state index in [2.05, 4.69) is 10.5 Å². The Kier molecular flexibility index (Phi) is 5.16. The molecule has 2 heterocycles. The summed E-state index contributed by atoms with van der Waals surface area (Å²) < 4.78 is 5.07. The average molecular weight is 274 g/mol. The van der Waals surface area contributed by atoms with E-state index in [4.69, 9.17) is 4.52 Å². The Bertz CT molecular complexity index is 400. The molecule has 2 rings (SSSR count). The standard InChI is InChI=1S/C12H19N3O2.ClH/c1-8-11(9(2)17-14-8)6-12(16)15-5-4-10(7-15)13-3;/h10,13H,4-7H2,1-3H3;1H. The van der Waals surface area contributed by atoms with Gasteiger partial charge in [0.05, 0.1) is 12.1 Å². The molecule has 0 aromatic carbocycles. The molecule has 18 heavy (non-hydrogen) atoms. The number of likely N-dealkylation sites (tertiary alicyclic amines) is 1. The predicted molar refractivity (Wildman–Crippen MR) is 71.0 cm³/mol. The minimum absolute atomic E-state index is 0. The highest BCUT2D eigenvalue weighted by Crippen LogP contribution is 2.16. The zero-order valence-corrected chi connectivity index (χ0v) is 11.8. The van der Waals surface area contributed by atoms with Gasteiger partial charge in [-0.2, -0.15) is 0 Å². The summed E-state index contributed by atoms with van der Waals surface area (Å²) in [5, 5.41) is 7.07. The molecule has 5 nitrogen and oxygen atoms in total. The maximum absolute atomic E-state index is 12.1. The van der Waals surface area contributed by atoms with Crippen molar-refractivity contribution < 1.29 is 9.32 Å². The Morgan fingerprint density at radius 3 is 2.78 bits per heavy atom. The first-order valence-corrected chi connectivity index (χ1v) is 5.98. The van der Waals surface area contributed by atoms with Crippen molar-refractivity contribution in [2.45, 2.75) is 32.7 Å². The Balaban J connectivity index is 0.00000162. The van der Waals surface area contributed by atoms with Gasteiger partial charge in [-0.3, -0.25) is 4.79 Å². The molecule has 1 saturated heterocycles. The molecule has 1 aliphatic heterocycles. The van der Waals surface area contributed by atoms with Gasteiger partial charge in [0.1, 0.15) is 5.76 Å². The topological polar surface area (TPSA) is 58.4 Å². The first kappa shape index (κ1) is 15.0. The average Bonchev–Trinajstić information content (AvgIpc) is 2.90. The number of nitrogens with zero attached hydrogens (tertiary/aromatic N) is 2. The van der Waals surface area contributed by atoms with Crippen molar-refractivity contribution in [2.75, 3.05) is 20.1 Å². The van der Waals surface area contributed by atoms with Crippen molar-refractivity contribution in [3.8, 4) is 0 Å². The number of aryl methyl sites for hydroxylation is 2. The van der Waals surface area contributed by atoms with E-state index in [9.17, 15) is 4.79 Å². The molecule has 1 atom stereocenters. The van der Waals surface area contributed by atoms with Crippen LogP contribution in [-0.4, -0.2) is 42.1 Å². The van der Waals surface area contributed by atoms with E-state index in [1.165, 1.54) is 0 Å². The van der Waals surface area contributed by atoms with E-state index in [-0.39, 0.29) is 18.3 Å². The number of halogens is 1. The first-order valence-electron chi connectivity index (χ1n) is 5.98. The van der Waals surface area contributed by atoms with Crippen LogP contribution in [0.25, 0.3) is 0 Å². The molecular weight excluding hydrogens is 254 g/mol. The number of amides is 1. The van der Waals surface area contributed by atoms with Gasteiger partial charge in [0.15, 0.2) is 0 Å². The molecule has 1 aliphatic rings. The maximum atomic E-state index is 12.1. The molecule has 102 valence electrons. The third-order valence-corrected chi connectivity index (χ3v) is 3.46. The summed E-state index contributed by atoms with van der Waals surface area (Å²) in [5.74, 6) is 0.914. The van der Waals surface area contributed by atoms with Crippen LogP contribution in [0, 0.1) is 13.8 Å². The van der Waals surface area contributed by atoms with Crippen LogP contribution in [0.3, 0.4) is 0 Å². The number of carbonyl (C=O) groups excluding carboxylic acids is 1. The van der Waals surface area contributed by atoms with E-state index in [0.717, 1.165) is 36.5 Å². The molecular formula is C12H20ClN3O2. The molecule has 1 aromatic heterocycles. The summed E-state index contributed by atoms with van der Waals surface area (Å²) in [5.41, 5.74) is 1.75. The van der Waals surface area contributed by atoms with Crippen LogP contribution in [0.15, 0.2) is 4.52 Å². The van der Waals surface area contributed by atoms with Crippen LogP contribution in [0.1, 0.15) is 23.4 Å². The summed E-state index contributed by atoms with van der Waals surface area (Å²) >= 11 is 0. The quantitative estimate of drug-likeness (QED) is 0.895. The Morgan fingerprint density at radius 2 is 2.28 bits per heavy atom. The molecule has 0 bridgehead atoms. The zero-order valence-electron chi connectivity index (χ0n) is 11.0. The molecule has 1 aromatic rings. The lowest BCUT2D eigenvalue weighted by Crippen LogP contribution is -2.34. The summed E-state index contributed by atoms with van der Waals surface area (Å²) in [6.45, 7) is 5.37. The smallest absolute Gasteiger partial charge is 0.227 e. The van der Waals surface area contributed by atoms with Crippen LogP contribution in [0.5, 0.6) is 0 Å². The van der Waals surface area contributed by atoms with E-state index >= 15 is 0 Å². The van der Waals surface area contributed by atoms with Crippen LogP contribution in [-0.2, 0) is 11.2 Å². The molecule has 1 amide bonds. The monoisotopic (exact) mass is 273 g/mol. The van der Waals surface area contributed by atoms with Gasteiger partial charge < -0.3 is 14.7 Å². The summed E-state index contributed by atoms with van der Waals surface area (Å²) in [4.78, 5) is 14.0. The number of likely N-dealkylation sites (N-methyl/N-ethyl adjacent to an activating group) is 1. The van der Waals surface area contributed by atoms with Gasteiger partial charge in [-0.25, -0.2) is 0 Å². The summed E-state index contributed by atoms with van der Waals surface area (Å²) in [7, 11) is 1.94. The molecule has 0 aliphatic carbocycles. The SMILES string of the molecule is CNC1CCN(C(=O)Cc2c(C)noc2C)C1.Cl. The number of hydrogen-bond donors (Lipinski definition) is 1. The largest absolute Gasteiger partial charge is 0.361 e. The Hall–Kier alpha value is -1.07. The van der Waals surface area contributed by atoms with Gasteiger partial charge >= 0.3 is 0 Å². The van der Waals surface area contributed by atoms with Crippen molar-refractivity contribution in [3.63, 3.8) is 0 Å². The second kappa shape index (κ2) is 6.20. The number of carbonyl (C=O) groups is 1. The van der Waals surface area contributed by atoms with Crippen LogP contribution < -0.4 is 5.32 Å². The van der Waals surface area contributed by atoms with Crippen LogP contribution in [0.4, 0.5) is 0 Å². The van der Waals surface area contributed by atoms with Gasteiger partial charge in [-0.15, -0.1) is 12.4 Å². The number of aromatic nitrogens is 1. The Labute approximate surface area is 113 Å². The van der Waals surface area contributed by atoms with Gasteiger partial charge in [-0.1, -0.05) is 5.16 Å². The molecule has 0 spiro atoms. The van der Waals surface area contributed by atoms with Crippen molar-refractivity contribution in [2.24, 2.45) is 0 Å². The fourth-order valence-electron chi connectivity index (χ4n) is 2.24. The summed E-state index contributed by atoms with van der Waals surface area (Å²) in [6.07, 6.45) is 1.43. The maximum Gasteiger partial charge on any atom is 0.227 e. The molecule has 0 radical (unpaired) electrons. The summed E-state index contributed by atoms with van der Waals surface area (Å²) in [6, 6.07) is 0.434.